The minimum atomic E-state index is -0.306. The number of carbonyl (C=O) groups excluding carboxylic acids is 1. The Morgan fingerprint density at radius 3 is 2.77 bits per heavy atom. The van der Waals surface area contributed by atoms with E-state index in [2.05, 4.69) is 5.32 Å². The van der Waals surface area contributed by atoms with Crippen molar-refractivity contribution in [1.29, 1.82) is 0 Å². The third kappa shape index (κ3) is 4.08. The second-order valence-electron chi connectivity index (χ2n) is 6.23. The van der Waals surface area contributed by atoms with Gasteiger partial charge in [0, 0.05) is 12.1 Å². The number of rotatable bonds is 5. The van der Waals surface area contributed by atoms with Crippen molar-refractivity contribution in [3.05, 3.63) is 58.4 Å². The molecule has 0 fully saturated rings. The van der Waals surface area contributed by atoms with Crippen molar-refractivity contribution in [2.75, 3.05) is 33.9 Å². The molecule has 0 radical (unpaired) electrons. The molecule has 1 aliphatic rings. The summed E-state index contributed by atoms with van der Waals surface area (Å²) in [6.07, 6.45) is 0. The summed E-state index contributed by atoms with van der Waals surface area (Å²) < 4.78 is 24.5. The third-order valence-corrected chi connectivity index (χ3v) is 4.45. The molecule has 0 spiro atoms. The van der Waals surface area contributed by atoms with E-state index in [0.29, 0.717) is 41.8 Å². The van der Waals surface area contributed by atoms with Gasteiger partial charge in [0.1, 0.15) is 19.0 Å². The summed E-state index contributed by atoms with van der Waals surface area (Å²) in [4.78, 5) is 14.5. The predicted molar refractivity (Wildman–Crippen MR) is 97.6 cm³/mol. The first kappa shape index (κ1) is 18.5. The lowest BCUT2D eigenvalue weighted by atomic mass is 10.1. The van der Waals surface area contributed by atoms with Gasteiger partial charge in [-0.15, -0.1) is 0 Å². The normalized spacial score (nSPS) is 14.2. The summed E-state index contributed by atoms with van der Waals surface area (Å²) in [6.45, 7) is 1.16. The van der Waals surface area contributed by atoms with Gasteiger partial charge in [-0.3, -0.25) is 4.79 Å². The van der Waals surface area contributed by atoms with Crippen molar-refractivity contribution in [2.45, 2.75) is 6.04 Å². The first-order chi connectivity index (χ1) is 12.5. The highest BCUT2D eigenvalue weighted by atomic mass is 35.5. The Balaban J connectivity index is 1.74. The molecule has 0 saturated heterocycles. The molecular weight excluding hydrogens is 359 g/mol. The van der Waals surface area contributed by atoms with E-state index in [9.17, 15) is 9.18 Å². The number of benzene rings is 2. The lowest BCUT2D eigenvalue weighted by molar-refractivity contribution is 0.0940. The zero-order valence-electron chi connectivity index (χ0n) is 14.6. The molecule has 1 unspecified atom stereocenters. The van der Waals surface area contributed by atoms with Crippen LogP contribution in [0.1, 0.15) is 22.0 Å². The van der Waals surface area contributed by atoms with Gasteiger partial charge in [-0.25, -0.2) is 4.39 Å². The number of halogens is 2. The van der Waals surface area contributed by atoms with Gasteiger partial charge in [0.05, 0.1) is 11.1 Å². The third-order valence-electron chi connectivity index (χ3n) is 4.17. The van der Waals surface area contributed by atoms with Gasteiger partial charge in [0.15, 0.2) is 11.5 Å². The molecule has 1 atom stereocenters. The summed E-state index contributed by atoms with van der Waals surface area (Å²) in [5, 5.41) is 3.21. The molecule has 138 valence electrons. The highest BCUT2D eigenvalue weighted by molar-refractivity contribution is 6.32. The Bertz CT molecular complexity index is 813. The van der Waals surface area contributed by atoms with Gasteiger partial charge in [0.25, 0.3) is 5.91 Å². The molecule has 1 amide bonds. The lowest BCUT2D eigenvalue weighted by Crippen LogP contribution is -2.34. The number of nitrogens with one attached hydrogen (secondary N) is 1. The topological polar surface area (TPSA) is 50.8 Å². The summed E-state index contributed by atoms with van der Waals surface area (Å²) in [7, 11) is 3.76. The van der Waals surface area contributed by atoms with E-state index >= 15 is 0 Å². The number of likely N-dealkylation sites (N-methyl/N-ethyl adjacent to an activating group) is 1. The zero-order valence-corrected chi connectivity index (χ0v) is 15.3. The average molecular weight is 379 g/mol. The Morgan fingerprint density at radius 2 is 2.04 bits per heavy atom. The van der Waals surface area contributed by atoms with E-state index in [-0.39, 0.29) is 17.8 Å². The fourth-order valence-corrected chi connectivity index (χ4v) is 3.11. The smallest absolute Gasteiger partial charge is 0.251 e. The number of amides is 1. The SMILES string of the molecule is CN(C)C(CNC(=O)c1cc(Cl)c2c(c1)OCCO2)c1cccc(F)c1. The van der Waals surface area contributed by atoms with E-state index in [0.717, 1.165) is 5.56 Å². The minimum Gasteiger partial charge on any atom is -0.486 e. The van der Waals surface area contributed by atoms with Gasteiger partial charge in [-0.2, -0.15) is 0 Å². The van der Waals surface area contributed by atoms with Crippen LogP contribution in [0, 0.1) is 5.82 Å². The molecule has 1 N–H and O–H groups in total. The summed E-state index contributed by atoms with van der Waals surface area (Å²) in [5.41, 5.74) is 1.17. The van der Waals surface area contributed by atoms with Crippen LogP contribution >= 0.6 is 11.6 Å². The standard InChI is InChI=1S/C19H20ClFN2O3/c1-23(2)16(12-4-3-5-14(21)8-12)11-22-19(24)13-9-15(20)18-17(10-13)25-6-7-26-18/h3-5,8-10,16H,6-7,11H2,1-2H3,(H,22,24). The monoisotopic (exact) mass is 378 g/mol. The van der Waals surface area contributed by atoms with Gasteiger partial charge in [0.2, 0.25) is 0 Å². The number of fused-ring (bicyclic) bond motifs is 1. The number of ether oxygens (including phenoxy) is 2. The van der Waals surface area contributed by atoms with Crippen LogP contribution < -0.4 is 14.8 Å². The van der Waals surface area contributed by atoms with Gasteiger partial charge >= 0.3 is 0 Å². The minimum absolute atomic E-state index is 0.165. The lowest BCUT2D eigenvalue weighted by Gasteiger charge is -2.25. The fraction of sp³-hybridized carbons (Fsp3) is 0.316. The van der Waals surface area contributed by atoms with Crippen molar-refractivity contribution in [3.8, 4) is 11.5 Å². The molecule has 1 aliphatic heterocycles. The molecule has 0 aliphatic carbocycles. The molecule has 0 bridgehead atoms. The fourth-order valence-electron chi connectivity index (χ4n) is 2.85. The molecule has 0 aromatic heterocycles. The molecule has 7 heteroatoms. The van der Waals surface area contributed by atoms with Crippen LogP contribution in [-0.4, -0.2) is 44.7 Å². The maximum absolute atomic E-state index is 13.5. The molecule has 2 aromatic carbocycles. The number of hydrogen-bond donors (Lipinski definition) is 1. The molecule has 1 heterocycles. The van der Waals surface area contributed by atoms with Crippen LogP contribution in [0.2, 0.25) is 5.02 Å². The van der Waals surface area contributed by atoms with Crippen molar-refractivity contribution in [2.24, 2.45) is 0 Å². The van der Waals surface area contributed by atoms with Crippen LogP contribution in [-0.2, 0) is 0 Å². The molecule has 0 saturated carbocycles. The summed E-state index contributed by atoms with van der Waals surface area (Å²) in [5.74, 6) is 0.329. The number of carbonyl (C=O) groups is 1. The van der Waals surface area contributed by atoms with Gasteiger partial charge < -0.3 is 19.7 Å². The highest BCUT2D eigenvalue weighted by Crippen LogP contribution is 2.38. The first-order valence-electron chi connectivity index (χ1n) is 8.25. The average Bonchev–Trinajstić information content (AvgIpc) is 2.61. The van der Waals surface area contributed by atoms with E-state index in [1.54, 1.807) is 18.2 Å². The highest BCUT2D eigenvalue weighted by Gasteiger charge is 2.21. The predicted octanol–water partition coefficient (Wildman–Crippen LogP) is 3.28. The van der Waals surface area contributed by atoms with Crippen molar-refractivity contribution in [3.63, 3.8) is 0 Å². The van der Waals surface area contributed by atoms with E-state index in [1.807, 2.05) is 25.1 Å². The Kier molecular flexibility index (Phi) is 5.64. The maximum atomic E-state index is 13.5. The van der Waals surface area contributed by atoms with Crippen molar-refractivity contribution < 1.29 is 18.7 Å². The molecule has 3 rings (SSSR count). The van der Waals surface area contributed by atoms with E-state index in [4.69, 9.17) is 21.1 Å². The van der Waals surface area contributed by atoms with E-state index in [1.165, 1.54) is 12.1 Å². The van der Waals surface area contributed by atoms with Gasteiger partial charge in [-0.05, 0) is 43.9 Å². The molecule has 2 aromatic rings. The largest absolute Gasteiger partial charge is 0.486 e. The van der Waals surface area contributed by atoms with E-state index < -0.39 is 0 Å². The second kappa shape index (κ2) is 7.93. The Hall–Kier alpha value is -2.31. The van der Waals surface area contributed by atoms with Crippen LogP contribution in [0.5, 0.6) is 11.5 Å². The molecule has 5 nitrogen and oxygen atoms in total. The van der Waals surface area contributed by atoms with Crippen LogP contribution in [0.4, 0.5) is 4.39 Å². The first-order valence-corrected chi connectivity index (χ1v) is 8.62. The molecular formula is C19H20ClFN2O3. The van der Waals surface area contributed by atoms with Crippen LogP contribution in [0.25, 0.3) is 0 Å². The molecule has 26 heavy (non-hydrogen) atoms. The zero-order chi connectivity index (χ0) is 18.7. The van der Waals surface area contributed by atoms with Crippen molar-refractivity contribution >= 4 is 17.5 Å². The quantitative estimate of drug-likeness (QED) is 0.867. The number of nitrogens with zero attached hydrogens (tertiary/aromatic N) is 1. The van der Waals surface area contributed by atoms with Crippen LogP contribution in [0.3, 0.4) is 0 Å². The van der Waals surface area contributed by atoms with Crippen LogP contribution in [0.15, 0.2) is 36.4 Å². The number of hydrogen-bond acceptors (Lipinski definition) is 4. The Labute approximate surface area is 156 Å². The van der Waals surface area contributed by atoms with Gasteiger partial charge in [-0.1, -0.05) is 23.7 Å². The van der Waals surface area contributed by atoms with Crippen molar-refractivity contribution in [1.82, 2.24) is 10.2 Å². The Morgan fingerprint density at radius 1 is 1.27 bits per heavy atom. The maximum Gasteiger partial charge on any atom is 0.251 e. The second-order valence-corrected chi connectivity index (χ2v) is 6.63. The summed E-state index contributed by atoms with van der Waals surface area (Å²) in [6, 6.07) is 9.36. The summed E-state index contributed by atoms with van der Waals surface area (Å²) >= 11 is 6.18.